The number of fused-ring (bicyclic) bond motifs is 1. The number of hydrogen-bond donors (Lipinski definition) is 2. The van der Waals surface area contributed by atoms with E-state index in [1.54, 1.807) is 24.3 Å². The van der Waals surface area contributed by atoms with Crippen LogP contribution in [0.25, 0.3) is 15.8 Å². The fourth-order valence-corrected chi connectivity index (χ4v) is 7.19. The third-order valence-electron chi connectivity index (χ3n) is 5.77. The van der Waals surface area contributed by atoms with Gasteiger partial charge in [-0.25, -0.2) is 20.8 Å². The van der Waals surface area contributed by atoms with Gasteiger partial charge in [0, 0.05) is 18.3 Å². The number of nitrogens with zero attached hydrogens (tertiary/aromatic N) is 1. The highest BCUT2D eigenvalue weighted by molar-refractivity contribution is 7.92. The Morgan fingerprint density at radius 3 is 1.85 bits per heavy atom. The van der Waals surface area contributed by atoms with Crippen molar-refractivity contribution in [3.63, 3.8) is 0 Å². The van der Waals surface area contributed by atoms with E-state index in [1.165, 1.54) is 83.1 Å². The van der Waals surface area contributed by atoms with E-state index in [-0.39, 0.29) is 31.8 Å². The summed E-state index contributed by atoms with van der Waals surface area (Å²) in [6, 6.07) is 24.2. The largest absolute Gasteiger partial charge is 0.326 e. The fourth-order valence-electron chi connectivity index (χ4n) is 3.88. The number of hydrogen-bond acceptors (Lipinski definition) is 7. The summed E-state index contributed by atoms with van der Waals surface area (Å²) in [6.07, 6.45) is 0. The molecule has 0 aliphatic carbocycles. The van der Waals surface area contributed by atoms with Crippen molar-refractivity contribution < 1.29 is 21.6 Å². The molecule has 1 aromatic heterocycles. The van der Waals surface area contributed by atoms with Crippen LogP contribution in [-0.4, -0.2) is 26.7 Å². The van der Waals surface area contributed by atoms with Crippen LogP contribution in [0.4, 0.5) is 11.4 Å². The lowest BCUT2D eigenvalue weighted by Gasteiger charge is -2.10. The van der Waals surface area contributed by atoms with Crippen LogP contribution in [0.2, 0.25) is 0 Å². The van der Waals surface area contributed by atoms with Crippen molar-refractivity contribution >= 4 is 58.8 Å². The summed E-state index contributed by atoms with van der Waals surface area (Å²) in [4.78, 5) is 23.8. The standard InChI is InChI=1S/C27H21N3O6S3/c1-18(31)28-19-6-14-24(15-7-19)39(35,36)29-20-8-12-22(13-9-20)38(33,34)23-16-10-21(11-17-23)30-27(32)25-4-2-3-5-26(25)37-30/h2-17,29H,1H3,(H,28,31). The Labute approximate surface area is 228 Å². The van der Waals surface area contributed by atoms with E-state index in [0.717, 1.165) is 4.70 Å². The summed E-state index contributed by atoms with van der Waals surface area (Å²) in [6.45, 7) is 1.35. The number of rotatable bonds is 7. The molecule has 1 amide bonds. The number of benzene rings is 4. The van der Waals surface area contributed by atoms with Gasteiger partial charge in [0.05, 0.1) is 30.5 Å². The van der Waals surface area contributed by atoms with Crippen molar-refractivity contribution in [2.24, 2.45) is 0 Å². The Morgan fingerprint density at radius 1 is 0.718 bits per heavy atom. The maximum absolute atomic E-state index is 13.2. The van der Waals surface area contributed by atoms with Crippen molar-refractivity contribution in [1.29, 1.82) is 0 Å². The molecule has 39 heavy (non-hydrogen) atoms. The number of carbonyl (C=O) groups is 1. The van der Waals surface area contributed by atoms with Gasteiger partial charge in [-0.2, -0.15) is 0 Å². The van der Waals surface area contributed by atoms with Crippen LogP contribution in [0.3, 0.4) is 0 Å². The van der Waals surface area contributed by atoms with Crippen molar-refractivity contribution in [3.05, 3.63) is 107 Å². The summed E-state index contributed by atoms with van der Waals surface area (Å²) >= 11 is 1.28. The molecule has 5 aromatic rings. The Hall–Kier alpha value is -4.26. The lowest BCUT2D eigenvalue weighted by molar-refractivity contribution is -0.114. The van der Waals surface area contributed by atoms with E-state index < -0.39 is 19.9 Å². The zero-order chi connectivity index (χ0) is 27.8. The minimum Gasteiger partial charge on any atom is -0.326 e. The van der Waals surface area contributed by atoms with Gasteiger partial charge >= 0.3 is 0 Å². The average molecular weight is 580 g/mol. The van der Waals surface area contributed by atoms with Crippen LogP contribution < -0.4 is 15.6 Å². The number of nitrogens with one attached hydrogen (secondary N) is 2. The zero-order valence-electron chi connectivity index (χ0n) is 20.4. The summed E-state index contributed by atoms with van der Waals surface area (Å²) in [5.41, 5.74) is 1.02. The maximum atomic E-state index is 13.2. The first-order valence-corrected chi connectivity index (χ1v) is 15.3. The molecule has 5 rings (SSSR count). The topological polar surface area (TPSA) is 131 Å². The molecule has 2 N–H and O–H groups in total. The van der Waals surface area contributed by atoms with E-state index in [0.29, 0.717) is 16.8 Å². The summed E-state index contributed by atoms with van der Waals surface area (Å²) in [5, 5.41) is 3.15. The average Bonchev–Trinajstić information content (AvgIpc) is 3.25. The van der Waals surface area contributed by atoms with Crippen molar-refractivity contribution in [2.45, 2.75) is 21.6 Å². The minimum absolute atomic E-state index is 0.0168. The lowest BCUT2D eigenvalue weighted by Crippen LogP contribution is -2.13. The molecule has 0 aliphatic heterocycles. The molecule has 0 saturated heterocycles. The van der Waals surface area contributed by atoms with E-state index in [4.69, 9.17) is 0 Å². The SMILES string of the molecule is CC(=O)Nc1ccc(S(=O)(=O)Nc2ccc(S(=O)(=O)c3ccc(-n4sc5ccccc5c4=O)cc3)cc2)cc1. The van der Waals surface area contributed by atoms with Crippen molar-refractivity contribution in [3.8, 4) is 5.69 Å². The monoisotopic (exact) mass is 579 g/mol. The van der Waals surface area contributed by atoms with Gasteiger partial charge < -0.3 is 5.32 Å². The Balaban J connectivity index is 1.34. The molecule has 0 saturated carbocycles. The molecular formula is C27H21N3O6S3. The smallest absolute Gasteiger partial charge is 0.273 e. The number of sulfonamides is 1. The van der Waals surface area contributed by atoms with Crippen LogP contribution >= 0.6 is 11.5 Å². The molecule has 0 fully saturated rings. The quantitative estimate of drug-likeness (QED) is 0.289. The third-order valence-corrected chi connectivity index (χ3v) is 10.1. The Morgan fingerprint density at radius 2 is 1.26 bits per heavy atom. The van der Waals surface area contributed by atoms with E-state index in [2.05, 4.69) is 10.0 Å². The molecule has 0 atom stereocenters. The van der Waals surface area contributed by atoms with Gasteiger partial charge in [0.2, 0.25) is 15.7 Å². The van der Waals surface area contributed by atoms with E-state index in [9.17, 15) is 26.4 Å². The molecule has 0 spiro atoms. The summed E-state index contributed by atoms with van der Waals surface area (Å²) in [7, 11) is -7.84. The summed E-state index contributed by atoms with van der Waals surface area (Å²) < 4.78 is 56.6. The fraction of sp³-hybridized carbons (Fsp3) is 0.0370. The van der Waals surface area contributed by atoms with Crippen molar-refractivity contribution in [2.75, 3.05) is 10.0 Å². The van der Waals surface area contributed by atoms with Gasteiger partial charge in [-0.05, 0) is 84.9 Å². The highest BCUT2D eigenvalue weighted by Crippen LogP contribution is 2.26. The first-order chi connectivity index (χ1) is 18.5. The van der Waals surface area contributed by atoms with Crippen LogP contribution in [0.1, 0.15) is 6.92 Å². The molecule has 0 aliphatic rings. The molecule has 198 valence electrons. The molecule has 0 bridgehead atoms. The number of sulfone groups is 1. The Bertz CT molecular complexity index is 1960. The van der Waals surface area contributed by atoms with Gasteiger partial charge in [0.15, 0.2) is 0 Å². The maximum Gasteiger partial charge on any atom is 0.273 e. The molecule has 9 nitrogen and oxygen atoms in total. The number of amides is 1. The molecular weight excluding hydrogens is 559 g/mol. The second-order valence-corrected chi connectivity index (χ2v) is 13.1. The van der Waals surface area contributed by atoms with E-state index >= 15 is 0 Å². The summed E-state index contributed by atoms with van der Waals surface area (Å²) in [5.74, 6) is -0.276. The normalized spacial score (nSPS) is 11.8. The predicted molar refractivity (Wildman–Crippen MR) is 151 cm³/mol. The van der Waals surface area contributed by atoms with Crippen LogP contribution in [0, 0.1) is 0 Å². The van der Waals surface area contributed by atoms with Crippen LogP contribution in [0.15, 0.2) is 117 Å². The molecule has 1 heterocycles. The van der Waals surface area contributed by atoms with Gasteiger partial charge in [-0.15, -0.1) is 0 Å². The van der Waals surface area contributed by atoms with E-state index in [1.807, 2.05) is 12.1 Å². The Kier molecular flexibility index (Phi) is 6.85. The first-order valence-electron chi connectivity index (χ1n) is 11.5. The second kappa shape index (κ2) is 10.1. The molecule has 12 heteroatoms. The van der Waals surface area contributed by atoms with Crippen LogP contribution in [0.5, 0.6) is 0 Å². The van der Waals surface area contributed by atoms with Gasteiger partial charge in [0.1, 0.15) is 0 Å². The molecule has 0 radical (unpaired) electrons. The van der Waals surface area contributed by atoms with Gasteiger partial charge in [0.25, 0.3) is 15.6 Å². The second-order valence-electron chi connectivity index (χ2n) is 8.52. The lowest BCUT2D eigenvalue weighted by atomic mass is 10.3. The molecule has 4 aromatic carbocycles. The van der Waals surface area contributed by atoms with Gasteiger partial charge in [-0.3, -0.25) is 14.3 Å². The van der Waals surface area contributed by atoms with Crippen LogP contribution in [-0.2, 0) is 24.7 Å². The van der Waals surface area contributed by atoms with Crippen molar-refractivity contribution in [1.82, 2.24) is 3.96 Å². The highest BCUT2D eigenvalue weighted by atomic mass is 32.2. The zero-order valence-corrected chi connectivity index (χ0v) is 22.8. The first kappa shape index (κ1) is 26.4. The number of aromatic nitrogens is 1. The third kappa shape index (κ3) is 5.35. The highest BCUT2D eigenvalue weighted by Gasteiger charge is 2.20. The predicted octanol–water partition coefficient (Wildman–Crippen LogP) is 4.64. The minimum atomic E-state index is -3.94. The number of carbonyl (C=O) groups excluding carboxylic acids is 1. The van der Waals surface area contributed by atoms with Gasteiger partial charge in [-0.1, -0.05) is 23.7 Å². The molecule has 0 unspecified atom stereocenters. The number of anilines is 2.